The smallest absolute Gasteiger partial charge is 0.320 e. The lowest BCUT2D eigenvalue weighted by molar-refractivity contribution is -0.137. The number of carbonyl (C=O) groups is 1. The SMILES string of the molecule is O=C(CN(c1cc(C(F)(F)F)ccc1Cl)S(=O)(=O)c1ccccc1)Nc1c(F)cccc1F. The number of nitrogens with one attached hydrogen (secondary N) is 1. The highest BCUT2D eigenvalue weighted by molar-refractivity contribution is 7.92. The molecule has 3 aromatic rings. The van der Waals surface area contributed by atoms with E-state index >= 15 is 0 Å². The molecule has 1 amide bonds. The number of hydrogen-bond donors (Lipinski definition) is 1. The first kappa shape index (κ1) is 24.5. The molecule has 0 unspecified atom stereocenters. The van der Waals surface area contributed by atoms with Crippen molar-refractivity contribution in [3.8, 4) is 0 Å². The summed E-state index contributed by atoms with van der Waals surface area (Å²) in [5.41, 5.74) is -2.69. The minimum atomic E-state index is -4.83. The van der Waals surface area contributed by atoms with Crippen LogP contribution in [0.25, 0.3) is 0 Å². The summed E-state index contributed by atoms with van der Waals surface area (Å²) in [6, 6.07) is 11.3. The zero-order chi connectivity index (χ0) is 24.4. The van der Waals surface area contributed by atoms with Crippen LogP contribution in [0.4, 0.5) is 33.3 Å². The normalized spacial score (nSPS) is 11.8. The summed E-state index contributed by atoms with van der Waals surface area (Å²) in [5.74, 6) is -3.47. The van der Waals surface area contributed by atoms with Gasteiger partial charge in [-0.25, -0.2) is 17.2 Å². The molecule has 3 rings (SSSR count). The minimum absolute atomic E-state index is 0.341. The summed E-state index contributed by atoms with van der Waals surface area (Å²) in [6.07, 6.45) is -4.83. The van der Waals surface area contributed by atoms with Gasteiger partial charge in [0.05, 0.1) is 21.2 Å². The molecule has 0 radical (unpaired) electrons. The summed E-state index contributed by atoms with van der Waals surface area (Å²) < 4.78 is 94.3. The van der Waals surface area contributed by atoms with Gasteiger partial charge < -0.3 is 5.32 Å². The van der Waals surface area contributed by atoms with Gasteiger partial charge in [-0.05, 0) is 42.5 Å². The van der Waals surface area contributed by atoms with E-state index in [1.54, 1.807) is 0 Å². The summed E-state index contributed by atoms with van der Waals surface area (Å²) in [5, 5.41) is 1.51. The Morgan fingerprint density at radius 2 is 1.55 bits per heavy atom. The monoisotopic (exact) mass is 504 g/mol. The molecule has 3 aromatic carbocycles. The molecule has 1 N–H and O–H groups in total. The Kier molecular flexibility index (Phi) is 6.94. The number of carbonyl (C=O) groups excluding carboxylic acids is 1. The van der Waals surface area contributed by atoms with E-state index in [1.165, 1.54) is 18.2 Å². The maximum absolute atomic E-state index is 13.9. The maximum atomic E-state index is 13.9. The molecule has 0 saturated heterocycles. The number of halogens is 6. The van der Waals surface area contributed by atoms with Crippen LogP contribution in [0, 0.1) is 11.6 Å². The molecule has 174 valence electrons. The zero-order valence-corrected chi connectivity index (χ0v) is 18.0. The van der Waals surface area contributed by atoms with E-state index in [1.807, 2.05) is 5.32 Å². The average molecular weight is 505 g/mol. The minimum Gasteiger partial charge on any atom is -0.320 e. The second-order valence-corrected chi connectivity index (χ2v) is 8.90. The lowest BCUT2D eigenvalue weighted by Gasteiger charge is -2.26. The highest BCUT2D eigenvalue weighted by Gasteiger charge is 2.34. The zero-order valence-electron chi connectivity index (χ0n) is 16.4. The van der Waals surface area contributed by atoms with Crippen LogP contribution < -0.4 is 9.62 Å². The molecule has 0 fully saturated rings. The van der Waals surface area contributed by atoms with Crippen LogP contribution >= 0.6 is 11.6 Å². The fraction of sp³-hybridized carbons (Fsp3) is 0.0952. The van der Waals surface area contributed by atoms with Crippen molar-refractivity contribution < 1.29 is 35.2 Å². The van der Waals surface area contributed by atoms with Crippen molar-refractivity contribution >= 4 is 38.9 Å². The predicted molar refractivity (Wildman–Crippen MR) is 112 cm³/mol. The van der Waals surface area contributed by atoms with Crippen LogP contribution in [0.5, 0.6) is 0 Å². The van der Waals surface area contributed by atoms with Crippen molar-refractivity contribution in [1.82, 2.24) is 0 Å². The first-order valence-corrected chi connectivity index (χ1v) is 10.9. The topological polar surface area (TPSA) is 66.5 Å². The Hall–Kier alpha value is -3.18. The van der Waals surface area contributed by atoms with E-state index in [2.05, 4.69) is 0 Å². The molecule has 0 spiro atoms. The lowest BCUT2D eigenvalue weighted by atomic mass is 10.2. The van der Waals surface area contributed by atoms with Crippen molar-refractivity contribution in [3.63, 3.8) is 0 Å². The Balaban J connectivity index is 2.08. The Labute approximate surface area is 190 Å². The molecule has 0 saturated carbocycles. The fourth-order valence-corrected chi connectivity index (χ4v) is 4.55. The number of hydrogen-bond acceptors (Lipinski definition) is 3. The second-order valence-electron chi connectivity index (χ2n) is 6.63. The first-order chi connectivity index (χ1) is 15.4. The number of para-hydroxylation sites is 1. The van der Waals surface area contributed by atoms with Gasteiger partial charge in [-0.2, -0.15) is 13.2 Å². The number of alkyl halides is 3. The first-order valence-electron chi connectivity index (χ1n) is 9.09. The highest BCUT2D eigenvalue weighted by atomic mass is 35.5. The van der Waals surface area contributed by atoms with E-state index in [-0.39, 0.29) is 4.90 Å². The van der Waals surface area contributed by atoms with Crippen molar-refractivity contribution in [1.29, 1.82) is 0 Å². The standard InChI is InChI=1S/C21H14ClF5N2O3S/c22-15-10-9-13(21(25,26)27)11-18(15)29(33(31,32)14-5-2-1-3-6-14)12-19(30)28-20-16(23)7-4-8-17(20)24/h1-11H,12H2,(H,28,30). The Morgan fingerprint density at radius 1 is 0.939 bits per heavy atom. The molecular formula is C21H14ClF5N2O3S. The quantitative estimate of drug-likeness (QED) is 0.453. The molecule has 12 heteroatoms. The third-order valence-corrected chi connectivity index (χ3v) is 6.48. The number of benzene rings is 3. The van der Waals surface area contributed by atoms with Crippen molar-refractivity contribution in [2.24, 2.45) is 0 Å². The van der Waals surface area contributed by atoms with Crippen molar-refractivity contribution in [2.75, 3.05) is 16.2 Å². The number of nitrogens with zero attached hydrogens (tertiary/aromatic N) is 1. The molecular weight excluding hydrogens is 491 g/mol. The van der Waals surface area contributed by atoms with Gasteiger partial charge in [0.15, 0.2) is 0 Å². The van der Waals surface area contributed by atoms with E-state index in [4.69, 9.17) is 11.6 Å². The van der Waals surface area contributed by atoms with Crippen LogP contribution in [0.2, 0.25) is 5.02 Å². The molecule has 0 atom stereocenters. The summed E-state index contributed by atoms with van der Waals surface area (Å²) in [4.78, 5) is 12.2. The van der Waals surface area contributed by atoms with E-state index in [0.29, 0.717) is 16.4 Å². The van der Waals surface area contributed by atoms with Crippen LogP contribution in [0.1, 0.15) is 5.56 Å². The summed E-state index contributed by atoms with van der Waals surface area (Å²) in [7, 11) is -4.61. The molecule has 0 aliphatic carbocycles. The summed E-state index contributed by atoms with van der Waals surface area (Å²) in [6.45, 7) is -1.12. The Morgan fingerprint density at radius 3 is 2.12 bits per heavy atom. The van der Waals surface area contributed by atoms with Crippen LogP contribution in [0.3, 0.4) is 0 Å². The molecule has 0 aromatic heterocycles. The van der Waals surface area contributed by atoms with Crippen LogP contribution in [-0.2, 0) is 21.0 Å². The number of anilines is 2. The summed E-state index contributed by atoms with van der Waals surface area (Å²) >= 11 is 6.00. The average Bonchev–Trinajstić information content (AvgIpc) is 2.75. The van der Waals surface area contributed by atoms with Crippen LogP contribution in [-0.4, -0.2) is 20.9 Å². The molecule has 33 heavy (non-hydrogen) atoms. The largest absolute Gasteiger partial charge is 0.416 e. The van der Waals surface area contributed by atoms with Gasteiger partial charge in [0.25, 0.3) is 10.0 Å². The second kappa shape index (κ2) is 9.36. The maximum Gasteiger partial charge on any atom is 0.416 e. The molecule has 0 aliphatic rings. The van der Waals surface area contributed by atoms with Crippen molar-refractivity contribution in [2.45, 2.75) is 11.1 Å². The van der Waals surface area contributed by atoms with E-state index in [9.17, 15) is 35.2 Å². The van der Waals surface area contributed by atoms with E-state index in [0.717, 1.165) is 36.4 Å². The van der Waals surface area contributed by atoms with Gasteiger partial charge in [-0.1, -0.05) is 35.9 Å². The molecule has 0 heterocycles. The lowest BCUT2D eigenvalue weighted by Crippen LogP contribution is -2.38. The molecule has 5 nitrogen and oxygen atoms in total. The highest BCUT2D eigenvalue weighted by Crippen LogP contribution is 2.37. The van der Waals surface area contributed by atoms with Gasteiger partial charge >= 0.3 is 6.18 Å². The van der Waals surface area contributed by atoms with Gasteiger partial charge in [-0.15, -0.1) is 0 Å². The number of rotatable bonds is 6. The number of sulfonamides is 1. The van der Waals surface area contributed by atoms with E-state index < -0.39 is 62.2 Å². The number of amides is 1. The third-order valence-electron chi connectivity index (χ3n) is 4.39. The third kappa shape index (κ3) is 5.42. The molecule has 0 aliphatic heterocycles. The van der Waals surface area contributed by atoms with Gasteiger partial charge in [0, 0.05) is 0 Å². The van der Waals surface area contributed by atoms with Gasteiger partial charge in [-0.3, -0.25) is 9.10 Å². The van der Waals surface area contributed by atoms with Crippen LogP contribution in [0.15, 0.2) is 71.6 Å². The predicted octanol–water partition coefficient (Wildman–Crippen LogP) is 5.47. The van der Waals surface area contributed by atoms with Crippen molar-refractivity contribution in [3.05, 3.63) is 89.0 Å². The molecule has 0 bridgehead atoms. The Bertz CT molecular complexity index is 1260. The van der Waals surface area contributed by atoms with Gasteiger partial charge in [0.1, 0.15) is 23.9 Å². The fourth-order valence-electron chi connectivity index (χ4n) is 2.83. The van der Waals surface area contributed by atoms with Gasteiger partial charge in [0.2, 0.25) is 5.91 Å².